The van der Waals surface area contributed by atoms with Gasteiger partial charge in [-0.05, 0) is 37.6 Å². The summed E-state index contributed by atoms with van der Waals surface area (Å²) in [5.41, 5.74) is 2.81. The van der Waals surface area contributed by atoms with E-state index in [-0.39, 0.29) is 5.28 Å². The fraction of sp³-hybridized carbons (Fsp3) is 0.273. The van der Waals surface area contributed by atoms with Crippen LogP contribution in [0, 0.1) is 0 Å². The lowest BCUT2D eigenvalue weighted by atomic mass is 10.1. The molecule has 1 aromatic rings. The minimum absolute atomic E-state index is 0.289. The standard InChI is InChI=1S/C11H13ClN2/c1-4-5-9-7-10(6-8(2)3)14-11(12)13-9/h4-5,7H,2,6H2,1,3H3/b5-4+. The van der Waals surface area contributed by atoms with E-state index in [0.29, 0.717) is 0 Å². The molecule has 0 amide bonds. The van der Waals surface area contributed by atoms with Gasteiger partial charge in [-0.1, -0.05) is 18.2 Å². The van der Waals surface area contributed by atoms with Crippen molar-refractivity contribution in [3.8, 4) is 0 Å². The summed E-state index contributed by atoms with van der Waals surface area (Å²) in [4.78, 5) is 8.18. The Labute approximate surface area is 89.3 Å². The van der Waals surface area contributed by atoms with E-state index in [1.807, 2.05) is 32.1 Å². The van der Waals surface area contributed by atoms with Crippen molar-refractivity contribution in [3.63, 3.8) is 0 Å². The van der Waals surface area contributed by atoms with E-state index < -0.39 is 0 Å². The molecule has 74 valence electrons. The van der Waals surface area contributed by atoms with Crippen molar-refractivity contribution in [1.82, 2.24) is 9.97 Å². The molecule has 1 aromatic heterocycles. The van der Waals surface area contributed by atoms with Crippen molar-refractivity contribution in [2.75, 3.05) is 0 Å². The molecule has 2 nitrogen and oxygen atoms in total. The van der Waals surface area contributed by atoms with Crippen LogP contribution in [0.1, 0.15) is 25.2 Å². The van der Waals surface area contributed by atoms with Gasteiger partial charge in [0.1, 0.15) is 0 Å². The Morgan fingerprint density at radius 1 is 1.57 bits per heavy atom. The van der Waals surface area contributed by atoms with E-state index >= 15 is 0 Å². The average Bonchev–Trinajstić information content (AvgIpc) is 2.01. The summed E-state index contributed by atoms with van der Waals surface area (Å²) < 4.78 is 0. The molecule has 0 saturated carbocycles. The normalized spacial score (nSPS) is 10.8. The molecule has 1 rings (SSSR count). The van der Waals surface area contributed by atoms with E-state index in [9.17, 15) is 0 Å². The van der Waals surface area contributed by atoms with Crippen LogP contribution in [0.15, 0.2) is 24.3 Å². The zero-order valence-corrected chi connectivity index (χ0v) is 9.17. The van der Waals surface area contributed by atoms with Crippen LogP contribution < -0.4 is 0 Å². The van der Waals surface area contributed by atoms with E-state index in [1.54, 1.807) is 0 Å². The predicted molar refractivity (Wildman–Crippen MR) is 60.3 cm³/mol. The molecule has 0 bridgehead atoms. The number of hydrogen-bond acceptors (Lipinski definition) is 2. The fourth-order valence-electron chi connectivity index (χ4n) is 1.14. The number of aromatic nitrogens is 2. The Balaban J connectivity index is 3.00. The van der Waals surface area contributed by atoms with Crippen LogP contribution in [0.5, 0.6) is 0 Å². The summed E-state index contributed by atoms with van der Waals surface area (Å²) in [6.07, 6.45) is 4.56. The topological polar surface area (TPSA) is 25.8 Å². The van der Waals surface area contributed by atoms with Gasteiger partial charge in [0.05, 0.1) is 5.69 Å². The Morgan fingerprint density at radius 3 is 2.86 bits per heavy atom. The molecular formula is C11H13ClN2. The van der Waals surface area contributed by atoms with Gasteiger partial charge in [-0.2, -0.15) is 0 Å². The Morgan fingerprint density at radius 2 is 2.29 bits per heavy atom. The third kappa shape index (κ3) is 3.30. The molecule has 0 N–H and O–H groups in total. The van der Waals surface area contributed by atoms with Gasteiger partial charge in [-0.25, -0.2) is 9.97 Å². The maximum absolute atomic E-state index is 5.78. The molecule has 14 heavy (non-hydrogen) atoms. The Hall–Kier alpha value is -1.15. The maximum atomic E-state index is 5.78. The largest absolute Gasteiger partial charge is 0.223 e. The first kappa shape index (κ1) is 10.9. The Kier molecular flexibility index (Phi) is 3.84. The number of rotatable bonds is 3. The monoisotopic (exact) mass is 208 g/mol. The number of hydrogen-bond donors (Lipinski definition) is 0. The van der Waals surface area contributed by atoms with Gasteiger partial charge in [-0.3, -0.25) is 0 Å². The predicted octanol–water partition coefficient (Wildman–Crippen LogP) is 3.28. The molecule has 0 aliphatic rings. The minimum Gasteiger partial charge on any atom is -0.223 e. The first-order chi connectivity index (χ1) is 6.61. The van der Waals surface area contributed by atoms with E-state index in [0.717, 1.165) is 23.4 Å². The van der Waals surface area contributed by atoms with Crippen molar-refractivity contribution in [2.24, 2.45) is 0 Å². The zero-order valence-electron chi connectivity index (χ0n) is 8.42. The highest BCUT2D eigenvalue weighted by Gasteiger charge is 2.00. The molecule has 0 aliphatic carbocycles. The number of nitrogens with zero attached hydrogens (tertiary/aromatic N) is 2. The maximum Gasteiger partial charge on any atom is 0.223 e. The molecule has 0 saturated heterocycles. The van der Waals surface area contributed by atoms with Crippen molar-refractivity contribution in [3.05, 3.63) is 41.0 Å². The van der Waals surface area contributed by atoms with Crippen molar-refractivity contribution in [1.29, 1.82) is 0 Å². The highest BCUT2D eigenvalue weighted by molar-refractivity contribution is 6.28. The summed E-state index contributed by atoms with van der Waals surface area (Å²) in [5.74, 6) is 0. The van der Waals surface area contributed by atoms with Crippen LogP contribution in [-0.4, -0.2) is 9.97 Å². The van der Waals surface area contributed by atoms with Crippen LogP contribution in [0.2, 0.25) is 5.28 Å². The van der Waals surface area contributed by atoms with E-state index in [1.165, 1.54) is 0 Å². The molecular weight excluding hydrogens is 196 g/mol. The van der Waals surface area contributed by atoms with E-state index in [4.69, 9.17) is 11.6 Å². The first-order valence-electron chi connectivity index (χ1n) is 4.42. The van der Waals surface area contributed by atoms with Gasteiger partial charge in [0.15, 0.2) is 0 Å². The number of halogens is 1. The highest BCUT2D eigenvalue weighted by Crippen LogP contribution is 2.10. The second-order valence-corrected chi connectivity index (χ2v) is 3.53. The van der Waals surface area contributed by atoms with Crippen LogP contribution in [0.4, 0.5) is 0 Å². The molecule has 0 aliphatic heterocycles. The SMILES string of the molecule is C=C(C)Cc1cc(/C=C/C)nc(Cl)n1. The number of allylic oxidation sites excluding steroid dienone is 2. The van der Waals surface area contributed by atoms with Crippen LogP contribution >= 0.6 is 11.6 Å². The Bertz CT molecular complexity index is 370. The minimum atomic E-state index is 0.289. The summed E-state index contributed by atoms with van der Waals surface area (Å²) >= 11 is 5.78. The van der Waals surface area contributed by atoms with Crippen LogP contribution in [0.3, 0.4) is 0 Å². The molecule has 1 heterocycles. The fourth-order valence-corrected chi connectivity index (χ4v) is 1.35. The van der Waals surface area contributed by atoms with Crippen molar-refractivity contribution < 1.29 is 0 Å². The second kappa shape index (κ2) is 4.91. The molecule has 0 unspecified atom stereocenters. The van der Waals surface area contributed by atoms with Gasteiger partial charge in [-0.15, -0.1) is 0 Å². The van der Waals surface area contributed by atoms with Crippen molar-refractivity contribution in [2.45, 2.75) is 20.3 Å². The van der Waals surface area contributed by atoms with Gasteiger partial charge >= 0.3 is 0 Å². The van der Waals surface area contributed by atoms with Gasteiger partial charge in [0.2, 0.25) is 5.28 Å². The van der Waals surface area contributed by atoms with Crippen LogP contribution in [0.25, 0.3) is 6.08 Å². The average molecular weight is 209 g/mol. The third-order valence-corrected chi connectivity index (χ3v) is 1.76. The highest BCUT2D eigenvalue weighted by atomic mass is 35.5. The smallest absolute Gasteiger partial charge is 0.223 e. The molecule has 0 atom stereocenters. The van der Waals surface area contributed by atoms with E-state index in [2.05, 4.69) is 16.5 Å². The first-order valence-corrected chi connectivity index (χ1v) is 4.80. The molecule has 0 aromatic carbocycles. The lowest BCUT2D eigenvalue weighted by molar-refractivity contribution is 1.01. The lowest BCUT2D eigenvalue weighted by Gasteiger charge is -2.01. The van der Waals surface area contributed by atoms with Crippen molar-refractivity contribution >= 4 is 17.7 Å². The van der Waals surface area contributed by atoms with Gasteiger partial charge in [0, 0.05) is 12.1 Å². The summed E-state index contributed by atoms with van der Waals surface area (Å²) in [5, 5.41) is 0.289. The molecule has 0 spiro atoms. The van der Waals surface area contributed by atoms with Gasteiger partial charge in [0.25, 0.3) is 0 Å². The second-order valence-electron chi connectivity index (χ2n) is 3.19. The zero-order chi connectivity index (χ0) is 10.6. The third-order valence-electron chi connectivity index (χ3n) is 1.59. The van der Waals surface area contributed by atoms with Gasteiger partial charge < -0.3 is 0 Å². The lowest BCUT2D eigenvalue weighted by Crippen LogP contribution is -1.95. The summed E-state index contributed by atoms with van der Waals surface area (Å²) in [6, 6.07) is 1.92. The quantitative estimate of drug-likeness (QED) is 0.563. The van der Waals surface area contributed by atoms with Crippen LogP contribution in [-0.2, 0) is 6.42 Å². The summed E-state index contributed by atoms with van der Waals surface area (Å²) in [6.45, 7) is 7.74. The molecule has 3 heteroatoms. The molecule has 0 fully saturated rings. The summed E-state index contributed by atoms with van der Waals surface area (Å²) in [7, 11) is 0. The molecule has 0 radical (unpaired) electrons.